The van der Waals surface area contributed by atoms with Crippen molar-refractivity contribution in [1.29, 1.82) is 0 Å². The normalized spacial score (nSPS) is 11.4. The molecule has 0 saturated heterocycles. The number of carbonyl (C=O) groups excluding carboxylic acids is 10. The largest absolute Gasteiger partial charge is 0.461 e. The Morgan fingerprint density at radius 2 is 0.521 bits per heavy atom. The average molecular weight is 1440 g/mol. The van der Waals surface area contributed by atoms with Crippen molar-refractivity contribution in [3.8, 4) is 0 Å². The minimum atomic E-state index is -2.00. The number of nitrogens with one attached hydrogen (secondary N) is 4. The van der Waals surface area contributed by atoms with Gasteiger partial charge < -0.3 is 95.8 Å². The van der Waals surface area contributed by atoms with E-state index in [4.69, 9.17) is 74.5 Å². The second kappa shape index (κ2) is 52.1. The molecule has 4 N–H and O–H groups in total. The number of hydrogen-bond donors (Lipinski definition) is 4. The van der Waals surface area contributed by atoms with Crippen molar-refractivity contribution >= 4 is 93.5 Å². The molecule has 0 spiro atoms. The van der Waals surface area contributed by atoms with E-state index in [0.717, 1.165) is 86.3 Å². The summed E-state index contributed by atoms with van der Waals surface area (Å²) >= 11 is 0. The highest BCUT2D eigenvalue weighted by Gasteiger charge is 2.35. The van der Waals surface area contributed by atoms with Gasteiger partial charge in [0.25, 0.3) is 0 Å². The van der Waals surface area contributed by atoms with Crippen LogP contribution in [0.3, 0.4) is 0 Å². The molecule has 0 bridgehead atoms. The first-order valence-electron chi connectivity index (χ1n) is 31.3. The Balaban J connectivity index is 0. The molecule has 0 aromatic rings. The van der Waals surface area contributed by atoms with Gasteiger partial charge >= 0.3 is 60.2 Å². The molecule has 34 heteroatoms. The second-order valence-electron chi connectivity index (χ2n) is 23.9. The summed E-state index contributed by atoms with van der Waals surface area (Å²) in [6, 6.07) is 3.66. The molecule has 548 valence electrons. The zero-order chi connectivity index (χ0) is 73.0. The van der Waals surface area contributed by atoms with E-state index in [0.29, 0.717) is 39.6 Å². The monoisotopic (exact) mass is 1440 g/mol. The standard InChI is InChI=1S/C36H60N2O15Si2.C26H48N2O11Si2/c1-11-29(39)49-25-35(5,26-50-30(40)12-2)37-33(43)47-21-19-45-17-15-23-54(7,8)53-55(9,10)24-16-18-46-20-22-48-34(44)38-36(6,27-51-31(41)13-3)28-52-32(42)14-4;1-7-23(29)35-15-11-27-25(31)37-19-17-33-13-9-21-40(3,4)39-41(5,6)22-10-14-34-18-20-38-26(32)28-12-16-36-24(30)8-2/h11-14H,1-4,15-28H2,5-10H3,(H,37,43)(H,38,44);7-8H,1-2,9-22H2,3-6H3,(H,27,31)(H,28,32). The third-order valence-electron chi connectivity index (χ3n) is 12.4. The summed E-state index contributed by atoms with van der Waals surface area (Å²) in [4.78, 5) is 116. The zero-order valence-corrected chi connectivity index (χ0v) is 62.1. The fourth-order valence-corrected chi connectivity index (χ4v) is 25.6. The molecule has 4 amide bonds. The van der Waals surface area contributed by atoms with E-state index in [1.165, 1.54) is 13.8 Å². The third kappa shape index (κ3) is 54.1. The van der Waals surface area contributed by atoms with Crippen molar-refractivity contribution in [1.82, 2.24) is 21.3 Å². The van der Waals surface area contributed by atoms with Crippen LogP contribution >= 0.6 is 0 Å². The molecule has 0 saturated carbocycles. The second-order valence-corrected chi connectivity index (χ2v) is 41.6. The highest BCUT2D eigenvalue weighted by molar-refractivity contribution is 6.85. The fraction of sp³-hybridized carbons (Fsp3) is 0.645. The van der Waals surface area contributed by atoms with Crippen LogP contribution in [0.1, 0.15) is 39.5 Å². The van der Waals surface area contributed by atoms with E-state index in [2.05, 4.69) is 113 Å². The molecular weight excluding hydrogens is 1330 g/mol. The molecule has 0 aliphatic carbocycles. The quantitative estimate of drug-likeness (QED) is 0.0153. The Labute approximate surface area is 570 Å². The highest BCUT2D eigenvalue weighted by Crippen LogP contribution is 2.25. The van der Waals surface area contributed by atoms with Crippen molar-refractivity contribution in [3.63, 3.8) is 0 Å². The van der Waals surface area contributed by atoms with Crippen LogP contribution in [0.15, 0.2) is 75.9 Å². The zero-order valence-electron chi connectivity index (χ0n) is 58.1. The molecule has 0 fully saturated rings. The van der Waals surface area contributed by atoms with Crippen LogP contribution in [0.5, 0.6) is 0 Å². The minimum Gasteiger partial charge on any atom is -0.461 e. The van der Waals surface area contributed by atoms with Crippen LogP contribution in [0.2, 0.25) is 76.6 Å². The van der Waals surface area contributed by atoms with E-state index < -0.39 is 105 Å². The number of esters is 6. The van der Waals surface area contributed by atoms with Gasteiger partial charge in [-0.2, -0.15) is 0 Å². The highest BCUT2D eigenvalue weighted by atomic mass is 28.4. The first-order chi connectivity index (χ1) is 45.1. The summed E-state index contributed by atoms with van der Waals surface area (Å²) in [6.07, 6.45) is 6.46. The Hall–Kier alpha value is -7.03. The summed E-state index contributed by atoms with van der Waals surface area (Å²) in [7, 11) is -7.73. The maximum Gasteiger partial charge on any atom is 0.407 e. The van der Waals surface area contributed by atoms with Crippen molar-refractivity contribution in [3.05, 3.63) is 75.9 Å². The first kappa shape index (κ1) is 91.0. The van der Waals surface area contributed by atoms with E-state index in [9.17, 15) is 47.9 Å². The molecule has 0 heterocycles. The lowest BCUT2D eigenvalue weighted by atomic mass is 10.1. The van der Waals surface area contributed by atoms with Gasteiger partial charge in [0.1, 0.15) is 77.1 Å². The third-order valence-corrected chi connectivity index (χ3v) is 27.5. The number of hydrogen-bond acceptors (Lipinski definition) is 26. The van der Waals surface area contributed by atoms with Gasteiger partial charge in [0.05, 0.1) is 39.5 Å². The van der Waals surface area contributed by atoms with Crippen LogP contribution in [0.4, 0.5) is 19.2 Å². The van der Waals surface area contributed by atoms with Gasteiger partial charge in [-0.1, -0.05) is 39.5 Å². The summed E-state index contributed by atoms with van der Waals surface area (Å²) in [5.74, 6) is -3.91. The topological polar surface area (TPSA) is 367 Å². The van der Waals surface area contributed by atoms with Gasteiger partial charge in [-0.05, 0) is 116 Å². The number of alkyl carbamates (subject to hydrolysis) is 4. The molecule has 0 aliphatic rings. The van der Waals surface area contributed by atoms with E-state index >= 15 is 0 Å². The minimum absolute atomic E-state index is 0.0249. The van der Waals surface area contributed by atoms with Gasteiger partial charge in [0.15, 0.2) is 33.3 Å². The fourth-order valence-electron chi connectivity index (χ4n) is 8.06. The lowest BCUT2D eigenvalue weighted by Gasteiger charge is -2.34. The Morgan fingerprint density at radius 1 is 0.302 bits per heavy atom. The predicted octanol–water partition coefficient (Wildman–Crippen LogP) is 7.25. The van der Waals surface area contributed by atoms with Crippen LogP contribution in [0, 0.1) is 0 Å². The average Bonchev–Trinajstić information content (AvgIpc) is 1.13. The van der Waals surface area contributed by atoms with Gasteiger partial charge in [-0.15, -0.1) is 0 Å². The lowest BCUT2D eigenvalue weighted by Crippen LogP contribution is -2.53. The Morgan fingerprint density at radius 3 is 0.750 bits per heavy atom. The lowest BCUT2D eigenvalue weighted by molar-refractivity contribution is -0.146. The van der Waals surface area contributed by atoms with Gasteiger partial charge in [0.2, 0.25) is 0 Å². The maximum atomic E-state index is 12.4. The number of amides is 4. The molecule has 0 aromatic carbocycles. The van der Waals surface area contributed by atoms with Crippen LogP contribution in [-0.2, 0) is 103 Å². The van der Waals surface area contributed by atoms with Gasteiger partial charge in [-0.25, -0.2) is 47.9 Å². The van der Waals surface area contributed by atoms with Gasteiger partial charge in [0, 0.05) is 62.9 Å². The van der Waals surface area contributed by atoms with E-state index in [1.54, 1.807) is 0 Å². The van der Waals surface area contributed by atoms with Crippen LogP contribution < -0.4 is 21.3 Å². The molecule has 0 unspecified atom stereocenters. The number of ether oxygens (including phenoxy) is 14. The molecule has 30 nitrogen and oxygen atoms in total. The summed E-state index contributed by atoms with van der Waals surface area (Å²) in [5, 5.41) is 10.0. The van der Waals surface area contributed by atoms with Crippen LogP contribution in [-0.4, -0.2) is 237 Å². The number of carbonyl (C=O) groups is 10. The SMILES string of the molecule is C=CC(=O)OCC(C)(COC(=O)C=C)NC(=O)OCCOCCC[Si](C)(C)O[Si](C)(C)CCCOCCOC(=O)NC(C)(COC(=O)C=C)COC(=O)C=C.C=CC(=O)OCCNC(=O)OCCOCCC[Si](C)(C)O[Si](C)(C)CCCOCCOC(=O)NCCOC(=O)C=C. The molecule has 0 aliphatic heterocycles. The maximum absolute atomic E-state index is 12.4. The van der Waals surface area contributed by atoms with Gasteiger partial charge in [-0.3, -0.25) is 0 Å². The summed E-state index contributed by atoms with van der Waals surface area (Å²) in [6.45, 7) is 42.8. The molecule has 0 aromatic heterocycles. The summed E-state index contributed by atoms with van der Waals surface area (Å²) in [5.41, 5.74) is -2.51. The van der Waals surface area contributed by atoms with E-state index in [1.807, 2.05) is 0 Å². The molecule has 96 heavy (non-hydrogen) atoms. The molecule has 0 radical (unpaired) electrons. The summed E-state index contributed by atoms with van der Waals surface area (Å²) < 4.78 is 85.6. The predicted molar refractivity (Wildman–Crippen MR) is 364 cm³/mol. The smallest absolute Gasteiger partial charge is 0.407 e. The number of rotatable bonds is 54. The van der Waals surface area contributed by atoms with Crippen molar-refractivity contribution in [2.45, 2.75) is 127 Å². The van der Waals surface area contributed by atoms with Crippen molar-refractivity contribution < 1.29 is 122 Å². The van der Waals surface area contributed by atoms with Crippen LogP contribution in [0.25, 0.3) is 0 Å². The molecule has 0 atom stereocenters. The Kier molecular flexibility index (Phi) is 49.4. The molecule has 0 rings (SSSR count). The van der Waals surface area contributed by atoms with Crippen molar-refractivity contribution in [2.24, 2.45) is 0 Å². The van der Waals surface area contributed by atoms with E-state index in [-0.39, 0.29) is 92.4 Å². The first-order valence-corrected chi connectivity index (χ1v) is 43.8. The Bertz CT molecular complexity index is 2220. The molecular formula is C62H108N4O26Si4. The van der Waals surface area contributed by atoms with Crippen molar-refractivity contribution in [2.75, 3.05) is 132 Å².